The van der Waals surface area contributed by atoms with Crippen LogP contribution in [0.3, 0.4) is 0 Å². The van der Waals surface area contributed by atoms with Gasteiger partial charge in [0.1, 0.15) is 10.8 Å². The summed E-state index contributed by atoms with van der Waals surface area (Å²) in [6.07, 6.45) is 0.640. The first-order valence-corrected chi connectivity index (χ1v) is 9.00. The zero-order valence-corrected chi connectivity index (χ0v) is 15.5. The first-order valence-electron chi connectivity index (χ1n) is 8.18. The number of urea groups is 1. The second-order valence-corrected chi connectivity index (χ2v) is 6.88. The smallest absolute Gasteiger partial charge is 0.321 e. The second kappa shape index (κ2) is 8.44. The summed E-state index contributed by atoms with van der Waals surface area (Å²) in [5.41, 5.74) is 3.31. The summed E-state index contributed by atoms with van der Waals surface area (Å²) in [5.74, 6) is 0.806. The fourth-order valence-electron chi connectivity index (χ4n) is 2.36. The van der Waals surface area contributed by atoms with Crippen molar-refractivity contribution in [2.75, 3.05) is 12.4 Å². The van der Waals surface area contributed by atoms with Crippen molar-refractivity contribution in [1.29, 1.82) is 0 Å². The Morgan fingerprint density at radius 2 is 1.92 bits per heavy atom. The van der Waals surface area contributed by atoms with Crippen molar-refractivity contribution in [3.8, 4) is 5.75 Å². The second-order valence-electron chi connectivity index (χ2n) is 5.82. The van der Waals surface area contributed by atoms with Crippen LogP contribution in [0.2, 0.25) is 0 Å². The molecular weight excluding hydrogens is 348 g/mol. The Bertz CT molecular complexity index is 877. The summed E-state index contributed by atoms with van der Waals surface area (Å²) in [6.45, 7) is 2.49. The molecule has 1 heterocycles. The molecule has 3 aromatic rings. The number of benzene rings is 2. The normalized spacial score (nSPS) is 10.4. The number of hydrogen-bond donors (Lipinski definition) is 2. The maximum Gasteiger partial charge on any atom is 0.321 e. The van der Waals surface area contributed by atoms with Crippen LogP contribution in [0.1, 0.15) is 21.7 Å². The van der Waals surface area contributed by atoms with Gasteiger partial charge in [-0.1, -0.05) is 53.3 Å². The Labute approximate surface area is 156 Å². The van der Waals surface area contributed by atoms with Gasteiger partial charge in [-0.2, -0.15) is 0 Å². The lowest BCUT2D eigenvalue weighted by atomic mass is 10.1. The van der Waals surface area contributed by atoms with Crippen LogP contribution in [0, 0.1) is 6.92 Å². The highest BCUT2D eigenvalue weighted by molar-refractivity contribution is 7.15. The molecular formula is C19H20N4O2S. The third kappa shape index (κ3) is 5.03. The van der Waals surface area contributed by atoms with Crippen LogP contribution < -0.4 is 15.4 Å². The first-order chi connectivity index (χ1) is 12.6. The third-order valence-electron chi connectivity index (χ3n) is 3.75. The topological polar surface area (TPSA) is 76.1 Å². The maximum absolute atomic E-state index is 12.0. The Balaban J connectivity index is 1.52. The SMILES string of the molecule is COc1cccc(Cc2nnc(NC(=O)NCc3ccc(C)cc3)s2)c1. The molecule has 0 fully saturated rings. The number of aryl methyl sites for hydroxylation is 1. The molecule has 0 spiro atoms. The molecule has 6 nitrogen and oxygen atoms in total. The molecule has 7 heteroatoms. The highest BCUT2D eigenvalue weighted by Crippen LogP contribution is 2.20. The average molecular weight is 368 g/mol. The van der Waals surface area contributed by atoms with E-state index in [1.54, 1.807) is 7.11 Å². The van der Waals surface area contributed by atoms with Gasteiger partial charge in [0.2, 0.25) is 5.13 Å². The minimum absolute atomic E-state index is 0.297. The molecule has 2 N–H and O–H groups in total. The number of nitrogens with one attached hydrogen (secondary N) is 2. The Kier molecular flexibility index (Phi) is 5.80. The summed E-state index contributed by atoms with van der Waals surface area (Å²) in [4.78, 5) is 12.0. The van der Waals surface area contributed by atoms with Crippen molar-refractivity contribution < 1.29 is 9.53 Å². The van der Waals surface area contributed by atoms with Crippen LogP contribution in [0.15, 0.2) is 48.5 Å². The Morgan fingerprint density at radius 3 is 2.69 bits per heavy atom. The van der Waals surface area contributed by atoms with Gasteiger partial charge >= 0.3 is 6.03 Å². The number of anilines is 1. The summed E-state index contributed by atoms with van der Waals surface area (Å²) in [6, 6.07) is 15.5. The van der Waals surface area contributed by atoms with Crippen LogP contribution in [-0.2, 0) is 13.0 Å². The Morgan fingerprint density at radius 1 is 1.12 bits per heavy atom. The number of ether oxygens (including phenoxy) is 1. The third-order valence-corrected chi connectivity index (χ3v) is 4.59. The molecule has 0 unspecified atom stereocenters. The number of rotatable bonds is 6. The minimum atomic E-state index is -0.297. The summed E-state index contributed by atoms with van der Waals surface area (Å²) in [5, 5.41) is 15.0. The van der Waals surface area contributed by atoms with Gasteiger partial charge in [-0.15, -0.1) is 10.2 Å². The molecule has 0 aliphatic heterocycles. The highest BCUT2D eigenvalue weighted by Gasteiger charge is 2.09. The van der Waals surface area contributed by atoms with E-state index in [0.29, 0.717) is 18.1 Å². The van der Waals surface area contributed by atoms with E-state index in [1.165, 1.54) is 16.9 Å². The lowest BCUT2D eigenvalue weighted by molar-refractivity contribution is 0.251. The molecule has 1 aromatic heterocycles. The zero-order chi connectivity index (χ0) is 18.4. The van der Waals surface area contributed by atoms with E-state index < -0.39 is 0 Å². The maximum atomic E-state index is 12.0. The summed E-state index contributed by atoms with van der Waals surface area (Å²) in [7, 11) is 1.64. The van der Waals surface area contributed by atoms with E-state index >= 15 is 0 Å². The number of methoxy groups -OCH3 is 1. The van der Waals surface area contributed by atoms with Crippen LogP contribution in [-0.4, -0.2) is 23.3 Å². The first kappa shape index (κ1) is 17.9. The largest absolute Gasteiger partial charge is 0.497 e. The van der Waals surface area contributed by atoms with E-state index in [2.05, 4.69) is 20.8 Å². The van der Waals surface area contributed by atoms with E-state index in [0.717, 1.165) is 21.9 Å². The van der Waals surface area contributed by atoms with Gasteiger partial charge in [0, 0.05) is 13.0 Å². The number of carbonyl (C=O) groups is 1. The van der Waals surface area contributed by atoms with E-state index in [-0.39, 0.29) is 6.03 Å². The van der Waals surface area contributed by atoms with Gasteiger partial charge in [0.05, 0.1) is 7.11 Å². The lowest BCUT2D eigenvalue weighted by Gasteiger charge is -2.05. The highest BCUT2D eigenvalue weighted by atomic mass is 32.1. The molecule has 0 radical (unpaired) electrons. The number of aromatic nitrogens is 2. The predicted molar refractivity (Wildman–Crippen MR) is 103 cm³/mol. The van der Waals surface area contributed by atoms with E-state index in [4.69, 9.17) is 4.74 Å². The number of amides is 2. The zero-order valence-electron chi connectivity index (χ0n) is 14.7. The van der Waals surface area contributed by atoms with Crippen molar-refractivity contribution in [2.24, 2.45) is 0 Å². The summed E-state index contributed by atoms with van der Waals surface area (Å²) < 4.78 is 5.22. The molecule has 0 saturated carbocycles. The van der Waals surface area contributed by atoms with E-state index in [1.807, 2.05) is 55.5 Å². The van der Waals surface area contributed by atoms with Crippen LogP contribution in [0.5, 0.6) is 5.75 Å². The molecule has 3 rings (SSSR count). The fraction of sp³-hybridized carbons (Fsp3) is 0.211. The molecule has 0 atom stereocenters. The molecule has 0 aliphatic carbocycles. The van der Waals surface area contributed by atoms with Gasteiger partial charge in [-0.3, -0.25) is 5.32 Å². The number of hydrogen-bond acceptors (Lipinski definition) is 5. The van der Waals surface area contributed by atoms with Crippen LogP contribution in [0.4, 0.5) is 9.93 Å². The molecule has 0 bridgehead atoms. The summed E-state index contributed by atoms with van der Waals surface area (Å²) >= 11 is 1.36. The van der Waals surface area contributed by atoms with Crippen LogP contribution >= 0.6 is 11.3 Å². The number of carbonyl (C=O) groups excluding carboxylic acids is 1. The Hall–Kier alpha value is -2.93. The van der Waals surface area contributed by atoms with Crippen molar-refractivity contribution in [2.45, 2.75) is 19.9 Å². The minimum Gasteiger partial charge on any atom is -0.497 e. The van der Waals surface area contributed by atoms with Crippen LogP contribution in [0.25, 0.3) is 0 Å². The van der Waals surface area contributed by atoms with Gasteiger partial charge in [0.25, 0.3) is 0 Å². The average Bonchev–Trinajstić information content (AvgIpc) is 3.08. The van der Waals surface area contributed by atoms with E-state index in [9.17, 15) is 4.79 Å². The van der Waals surface area contributed by atoms with Gasteiger partial charge in [0.15, 0.2) is 0 Å². The quantitative estimate of drug-likeness (QED) is 0.694. The molecule has 26 heavy (non-hydrogen) atoms. The lowest BCUT2D eigenvalue weighted by Crippen LogP contribution is -2.28. The van der Waals surface area contributed by atoms with Crippen molar-refractivity contribution in [3.63, 3.8) is 0 Å². The molecule has 0 aliphatic rings. The standard InChI is InChI=1S/C19H20N4O2S/c1-13-6-8-14(9-7-13)12-20-18(24)21-19-23-22-17(26-19)11-15-4-3-5-16(10-15)25-2/h3-10H,11-12H2,1-2H3,(H2,20,21,23,24). The molecule has 2 amide bonds. The van der Waals surface area contributed by atoms with Crippen molar-refractivity contribution >= 4 is 22.5 Å². The number of nitrogens with zero attached hydrogens (tertiary/aromatic N) is 2. The predicted octanol–water partition coefficient (Wildman–Crippen LogP) is 3.77. The van der Waals surface area contributed by atoms with Gasteiger partial charge in [-0.25, -0.2) is 4.79 Å². The fourth-order valence-corrected chi connectivity index (χ4v) is 3.13. The molecule has 134 valence electrons. The molecule has 0 saturated heterocycles. The van der Waals surface area contributed by atoms with Gasteiger partial charge < -0.3 is 10.1 Å². The monoisotopic (exact) mass is 368 g/mol. The van der Waals surface area contributed by atoms with Gasteiger partial charge in [-0.05, 0) is 30.2 Å². The van der Waals surface area contributed by atoms with Crippen molar-refractivity contribution in [1.82, 2.24) is 15.5 Å². The van der Waals surface area contributed by atoms with Crippen molar-refractivity contribution in [3.05, 3.63) is 70.2 Å². The molecule has 2 aromatic carbocycles.